The Hall–Kier alpha value is -5.70. The molecule has 1 aliphatic rings. The SMILES string of the molecule is COc1ccc(-n2nc(C(F)(F)F)c3c2C(=O)N(c2ccc(C(=O)N(C)C)cc2)CC3)c(C(=O)N[C@@H](CO)C(N)=NCCc2ccccc2)c1. The molecule has 5 rings (SSSR count). The minimum Gasteiger partial charge on any atom is -0.497 e. The number of hydrogen-bond donors (Lipinski definition) is 3. The van der Waals surface area contributed by atoms with E-state index < -0.39 is 36.3 Å². The van der Waals surface area contributed by atoms with Crippen molar-refractivity contribution in [1.29, 1.82) is 0 Å². The van der Waals surface area contributed by atoms with E-state index in [1.54, 1.807) is 14.1 Å². The molecule has 0 unspecified atom stereocenters. The zero-order valence-electron chi connectivity index (χ0n) is 27.6. The molecule has 1 aromatic heterocycles. The third-order valence-electron chi connectivity index (χ3n) is 8.18. The van der Waals surface area contributed by atoms with E-state index >= 15 is 0 Å². The van der Waals surface area contributed by atoms with Gasteiger partial charge in [0.2, 0.25) is 0 Å². The summed E-state index contributed by atoms with van der Waals surface area (Å²) >= 11 is 0. The molecule has 0 saturated heterocycles. The van der Waals surface area contributed by atoms with Gasteiger partial charge in [-0.05, 0) is 60.9 Å². The number of carbonyl (C=O) groups excluding carboxylic acids is 3. The number of methoxy groups -OCH3 is 1. The first-order valence-electron chi connectivity index (χ1n) is 15.6. The molecule has 1 aliphatic heterocycles. The highest BCUT2D eigenvalue weighted by atomic mass is 19.4. The number of carbonyl (C=O) groups is 3. The van der Waals surface area contributed by atoms with Crippen LogP contribution in [0.4, 0.5) is 18.9 Å². The van der Waals surface area contributed by atoms with Crippen molar-refractivity contribution < 1.29 is 37.4 Å². The lowest BCUT2D eigenvalue weighted by atomic mass is 10.0. The van der Waals surface area contributed by atoms with Gasteiger partial charge >= 0.3 is 6.18 Å². The number of aliphatic hydroxyl groups is 1. The van der Waals surface area contributed by atoms with E-state index in [1.807, 2.05) is 30.3 Å². The van der Waals surface area contributed by atoms with E-state index in [1.165, 1.54) is 59.4 Å². The molecule has 2 heterocycles. The van der Waals surface area contributed by atoms with Crippen LogP contribution in [0.3, 0.4) is 0 Å². The van der Waals surface area contributed by atoms with Gasteiger partial charge in [0.25, 0.3) is 17.7 Å². The summed E-state index contributed by atoms with van der Waals surface area (Å²) in [6.07, 6.45) is -4.54. The van der Waals surface area contributed by atoms with E-state index in [0.717, 1.165) is 10.2 Å². The van der Waals surface area contributed by atoms with Gasteiger partial charge in [0.05, 0.1) is 25.0 Å². The molecule has 15 heteroatoms. The lowest BCUT2D eigenvalue weighted by molar-refractivity contribution is -0.141. The number of halogens is 3. The van der Waals surface area contributed by atoms with Gasteiger partial charge in [0.1, 0.15) is 23.3 Å². The van der Waals surface area contributed by atoms with Crippen LogP contribution in [-0.2, 0) is 19.0 Å². The number of alkyl halides is 3. The molecule has 0 bridgehead atoms. The first-order chi connectivity index (χ1) is 23.8. The zero-order valence-corrected chi connectivity index (χ0v) is 27.6. The quantitative estimate of drug-likeness (QED) is 0.161. The van der Waals surface area contributed by atoms with Gasteiger partial charge in [0.15, 0.2) is 5.69 Å². The number of aromatic nitrogens is 2. The number of amidine groups is 1. The van der Waals surface area contributed by atoms with E-state index in [9.17, 15) is 32.7 Å². The molecule has 0 fully saturated rings. The van der Waals surface area contributed by atoms with Crippen LogP contribution >= 0.6 is 0 Å². The van der Waals surface area contributed by atoms with E-state index in [4.69, 9.17) is 10.5 Å². The molecule has 0 spiro atoms. The molecule has 50 heavy (non-hydrogen) atoms. The second-order valence-corrected chi connectivity index (χ2v) is 11.7. The maximum atomic E-state index is 14.3. The van der Waals surface area contributed by atoms with Crippen molar-refractivity contribution in [3.8, 4) is 11.4 Å². The van der Waals surface area contributed by atoms with Crippen molar-refractivity contribution in [2.24, 2.45) is 10.7 Å². The highest BCUT2D eigenvalue weighted by Crippen LogP contribution is 2.38. The number of nitrogens with zero attached hydrogens (tertiary/aromatic N) is 5. The summed E-state index contributed by atoms with van der Waals surface area (Å²) in [5, 5.41) is 16.5. The molecule has 0 saturated carbocycles. The summed E-state index contributed by atoms with van der Waals surface area (Å²) in [5.41, 5.74) is 5.58. The van der Waals surface area contributed by atoms with Crippen LogP contribution in [0, 0.1) is 0 Å². The molecular weight excluding hydrogens is 655 g/mol. The molecule has 12 nitrogen and oxygen atoms in total. The van der Waals surface area contributed by atoms with Gasteiger partial charge in [-0.25, -0.2) is 4.68 Å². The molecule has 3 aromatic carbocycles. The molecular formula is C35H36F3N7O5. The highest BCUT2D eigenvalue weighted by Gasteiger charge is 2.44. The van der Waals surface area contributed by atoms with E-state index in [-0.39, 0.29) is 59.5 Å². The number of aliphatic imine (C=N–C) groups is 1. The summed E-state index contributed by atoms with van der Waals surface area (Å²) in [7, 11) is 4.54. The van der Waals surface area contributed by atoms with Crippen LogP contribution in [0.5, 0.6) is 5.75 Å². The average molecular weight is 692 g/mol. The van der Waals surface area contributed by atoms with Crippen molar-refractivity contribution in [2.75, 3.05) is 45.8 Å². The molecule has 4 aromatic rings. The van der Waals surface area contributed by atoms with Gasteiger partial charge < -0.3 is 30.7 Å². The lowest BCUT2D eigenvalue weighted by Crippen LogP contribution is -2.47. The largest absolute Gasteiger partial charge is 0.497 e. The topological polar surface area (TPSA) is 155 Å². The fourth-order valence-corrected chi connectivity index (χ4v) is 5.58. The van der Waals surface area contributed by atoms with Crippen LogP contribution in [-0.4, -0.2) is 90.3 Å². The second-order valence-electron chi connectivity index (χ2n) is 11.7. The van der Waals surface area contributed by atoms with Crippen LogP contribution in [0.15, 0.2) is 77.8 Å². The minimum absolute atomic E-state index is 0.0545. The summed E-state index contributed by atoms with van der Waals surface area (Å²) in [6.45, 7) is -0.425. The number of amides is 3. The number of fused-ring (bicyclic) bond motifs is 1. The maximum Gasteiger partial charge on any atom is 0.435 e. The Morgan fingerprint density at radius 1 is 1.10 bits per heavy atom. The Kier molecular flexibility index (Phi) is 10.6. The Balaban J connectivity index is 1.51. The predicted molar refractivity (Wildman–Crippen MR) is 180 cm³/mol. The number of nitrogens with one attached hydrogen (secondary N) is 1. The van der Waals surface area contributed by atoms with E-state index in [0.29, 0.717) is 17.7 Å². The summed E-state index contributed by atoms with van der Waals surface area (Å²) in [5.74, 6) is -1.74. The zero-order chi connectivity index (χ0) is 36.2. The highest BCUT2D eigenvalue weighted by molar-refractivity contribution is 6.08. The van der Waals surface area contributed by atoms with Gasteiger partial charge in [-0.15, -0.1) is 0 Å². The first kappa shape index (κ1) is 35.6. The number of rotatable bonds is 11. The van der Waals surface area contributed by atoms with Crippen molar-refractivity contribution in [3.63, 3.8) is 0 Å². The average Bonchev–Trinajstić information content (AvgIpc) is 3.52. The molecule has 1 atom stereocenters. The standard InChI is InChI=1S/C35H36F3N7O5/c1-43(2)33(48)22-9-11-23(12-10-22)44-18-16-25-29(34(44)49)45(42-30(25)35(36,37)38)28-14-13-24(50-3)19-26(28)32(47)41-27(20-46)31(39)40-17-15-21-7-5-4-6-8-21/h4-14,19,27,46H,15-18,20H2,1-3H3,(H2,39,40)(H,41,47)/t27-/m0/s1. The van der Waals surface area contributed by atoms with Gasteiger partial charge in [-0.1, -0.05) is 30.3 Å². The van der Waals surface area contributed by atoms with E-state index in [2.05, 4.69) is 15.4 Å². The van der Waals surface area contributed by atoms with Crippen LogP contribution in [0.2, 0.25) is 0 Å². The normalized spacial score (nSPS) is 13.9. The number of aliphatic hydroxyl groups excluding tert-OH is 1. The van der Waals surface area contributed by atoms with Gasteiger partial charge in [-0.3, -0.25) is 19.4 Å². The Morgan fingerprint density at radius 2 is 1.80 bits per heavy atom. The number of anilines is 1. The maximum absolute atomic E-state index is 14.3. The summed E-state index contributed by atoms with van der Waals surface area (Å²) < 4.78 is 49.1. The van der Waals surface area contributed by atoms with Crippen molar-refractivity contribution in [2.45, 2.75) is 25.1 Å². The van der Waals surface area contributed by atoms with Crippen molar-refractivity contribution >= 4 is 29.2 Å². The molecule has 3 amide bonds. The molecule has 0 radical (unpaired) electrons. The molecule has 262 valence electrons. The van der Waals surface area contributed by atoms with Gasteiger partial charge in [0, 0.05) is 44.0 Å². The third kappa shape index (κ3) is 7.47. The number of nitrogens with two attached hydrogens (primary N) is 1. The van der Waals surface area contributed by atoms with Gasteiger partial charge in [-0.2, -0.15) is 18.3 Å². The minimum atomic E-state index is -4.91. The number of benzene rings is 3. The fourth-order valence-electron chi connectivity index (χ4n) is 5.58. The smallest absolute Gasteiger partial charge is 0.435 e. The summed E-state index contributed by atoms with van der Waals surface area (Å²) in [6, 6.07) is 18.5. The second kappa shape index (κ2) is 14.8. The Morgan fingerprint density at radius 3 is 2.42 bits per heavy atom. The fraction of sp³-hybridized carbons (Fsp3) is 0.286. The number of hydrogen-bond acceptors (Lipinski definition) is 7. The third-order valence-corrected chi connectivity index (χ3v) is 8.18. The van der Waals surface area contributed by atoms with Crippen molar-refractivity contribution in [1.82, 2.24) is 20.0 Å². The Bertz CT molecular complexity index is 1910. The summed E-state index contributed by atoms with van der Waals surface area (Å²) in [4.78, 5) is 47.2. The predicted octanol–water partition coefficient (Wildman–Crippen LogP) is 3.50. The lowest BCUT2D eigenvalue weighted by Gasteiger charge is -2.28. The first-order valence-corrected chi connectivity index (χ1v) is 15.6. The van der Waals surface area contributed by atoms with Crippen LogP contribution in [0.1, 0.15) is 48.0 Å². The molecule has 4 N–H and O–H groups in total. The van der Waals surface area contributed by atoms with Crippen molar-refractivity contribution in [3.05, 3.63) is 106 Å². The van der Waals surface area contributed by atoms with Crippen LogP contribution < -0.4 is 20.7 Å². The van der Waals surface area contributed by atoms with Crippen LogP contribution in [0.25, 0.3) is 5.69 Å². The molecule has 0 aliphatic carbocycles. The monoisotopic (exact) mass is 691 g/mol. The Labute approximate surface area is 286 Å². The number of ether oxygens (including phenoxy) is 1.